The first-order valence-corrected chi connectivity index (χ1v) is 12.0. The van der Waals surface area contributed by atoms with Crippen molar-refractivity contribution < 1.29 is 27.5 Å². The van der Waals surface area contributed by atoms with Crippen molar-refractivity contribution in [1.29, 1.82) is 0 Å². The molecule has 1 aliphatic rings. The molecule has 0 radical (unpaired) electrons. The molecule has 1 atom stereocenters. The molecule has 2 heterocycles. The molecule has 0 bridgehead atoms. The monoisotopic (exact) mass is 495 g/mol. The van der Waals surface area contributed by atoms with E-state index in [2.05, 4.69) is 4.98 Å². The van der Waals surface area contributed by atoms with Gasteiger partial charge in [-0.2, -0.15) is 0 Å². The summed E-state index contributed by atoms with van der Waals surface area (Å²) in [6.07, 6.45) is 3.09. The largest absolute Gasteiger partial charge is 0.507 e. The van der Waals surface area contributed by atoms with Gasteiger partial charge in [-0.05, 0) is 42.0 Å². The second kappa shape index (κ2) is 9.40. The number of benzene rings is 2. The smallest absolute Gasteiger partial charge is 0.295 e. The van der Waals surface area contributed by atoms with Crippen LogP contribution < -0.4 is 0 Å². The number of aliphatic hydroxyl groups is 1. The highest BCUT2D eigenvalue weighted by molar-refractivity contribution is 7.89. The van der Waals surface area contributed by atoms with E-state index in [9.17, 15) is 27.5 Å². The number of pyridine rings is 1. The van der Waals surface area contributed by atoms with E-state index in [1.807, 2.05) is 0 Å². The Labute approximate surface area is 202 Å². The Kier molecular flexibility index (Phi) is 6.51. The second-order valence-electron chi connectivity index (χ2n) is 8.12. The van der Waals surface area contributed by atoms with E-state index in [4.69, 9.17) is 0 Å². The highest BCUT2D eigenvalue weighted by atomic mass is 32.2. The Morgan fingerprint density at radius 3 is 2.34 bits per heavy atom. The van der Waals surface area contributed by atoms with Gasteiger partial charge in [0.2, 0.25) is 10.0 Å². The van der Waals surface area contributed by atoms with Crippen LogP contribution in [0, 0.1) is 5.82 Å². The Hall–Kier alpha value is -3.89. The number of likely N-dealkylation sites (tertiary alicyclic amines) is 1. The van der Waals surface area contributed by atoms with Gasteiger partial charge in [-0.15, -0.1) is 0 Å². The van der Waals surface area contributed by atoms with E-state index >= 15 is 0 Å². The molecule has 0 spiro atoms. The molecule has 1 unspecified atom stereocenters. The van der Waals surface area contributed by atoms with Crippen LogP contribution in [0.15, 0.2) is 83.5 Å². The lowest BCUT2D eigenvalue weighted by Gasteiger charge is -2.25. The van der Waals surface area contributed by atoms with E-state index in [0.717, 1.165) is 4.31 Å². The van der Waals surface area contributed by atoms with Crippen molar-refractivity contribution in [3.8, 4) is 0 Å². The number of carbonyl (C=O) groups excluding carboxylic acids is 2. The Morgan fingerprint density at radius 1 is 1.06 bits per heavy atom. The summed E-state index contributed by atoms with van der Waals surface area (Å²) in [4.78, 5) is 31.3. The Morgan fingerprint density at radius 2 is 1.74 bits per heavy atom. The van der Waals surface area contributed by atoms with Gasteiger partial charge in [0.25, 0.3) is 11.7 Å². The highest BCUT2D eigenvalue weighted by Gasteiger charge is 2.47. The summed E-state index contributed by atoms with van der Waals surface area (Å²) in [6.45, 7) is -0.0335. The zero-order chi connectivity index (χ0) is 25.3. The molecule has 8 nitrogen and oxygen atoms in total. The SMILES string of the molecule is CN(C)S(=O)(=O)c1ccc(C(O)=C2C(=O)C(=O)N(Cc3cccnc3)C2c2ccccc2F)cc1. The number of Topliss-reactive ketones (excluding diaryl/α,β-unsaturated/α-hetero) is 1. The molecule has 4 rings (SSSR count). The van der Waals surface area contributed by atoms with Crippen LogP contribution in [0.2, 0.25) is 0 Å². The molecular weight excluding hydrogens is 473 g/mol. The van der Waals surface area contributed by atoms with Crippen molar-refractivity contribution in [3.05, 3.63) is 101 Å². The number of aliphatic hydroxyl groups excluding tert-OH is 1. The summed E-state index contributed by atoms with van der Waals surface area (Å²) in [5.41, 5.74) is 0.494. The van der Waals surface area contributed by atoms with E-state index in [0.29, 0.717) is 5.56 Å². The van der Waals surface area contributed by atoms with Crippen LogP contribution in [-0.4, -0.2) is 53.5 Å². The van der Waals surface area contributed by atoms with E-state index in [-0.39, 0.29) is 28.1 Å². The van der Waals surface area contributed by atoms with Crippen molar-refractivity contribution in [3.63, 3.8) is 0 Å². The topological polar surface area (TPSA) is 108 Å². The number of carbonyl (C=O) groups is 2. The summed E-state index contributed by atoms with van der Waals surface area (Å²) in [7, 11) is -0.929. The minimum atomic E-state index is -3.71. The lowest BCUT2D eigenvalue weighted by molar-refractivity contribution is -0.140. The molecule has 1 aromatic heterocycles. The van der Waals surface area contributed by atoms with E-state index < -0.39 is 39.3 Å². The first-order chi connectivity index (χ1) is 16.6. The molecule has 35 heavy (non-hydrogen) atoms. The molecule has 1 amide bonds. The first kappa shape index (κ1) is 24.2. The standard InChI is InChI=1S/C25H22FN3O5S/c1-28(2)35(33,34)18-11-9-17(10-12-18)23(30)21-22(19-7-3-4-8-20(19)26)29(25(32)24(21)31)15-16-6-5-13-27-14-16/h3-14,22,30H,15H2,1-2H3. The number of nitrogens with zero attached hydrogens (tertiary/aromatic N) is 3. The fourth-order valence-electron chi connectivity index (χ4n) is 3.90. The van der Waals surface area contributed by atoms with Crippen molar-refractivity contribution in [2.24, 2.45) is 0 Å². The minimum absolute atomic E-state index is 0.0123. The third-order valence-electron chi connectivity index (χ3n) is 5.72. The predicted molar refractivity (Wildman–Crippen MR) is 126 cm³/mol. The van der Waals surface area contributed by atoms with Gasteiger partial charge in [-0.3, -0.25) is 14.6 Å². The second-order valence-corrected chi connectivity index (χ2v) is 10.3. The van der Waals surface area contributed by atoms with Crippen LogP contribution in [0.1, 0.15) is 22.7 Å². The molecule has 0 saturated carbocycles. The number of rotatable bonds is 6. The minimum Gasteiger partial charge on any atom is -0.507 e. The fraction of sp³-hybridized carbons (Fsp3) is 0.160. The van der Waals surface area contributed by atoms with Gasteiger partial charge in [0, 0.05) is 44.2 Å². The van der Waals surface area contributed by atoms with Crippen molar-refractivity contribution >= 4 is 27.5 Å². The average Bonchev–Trinajstić information content (AvgIpc) is 3.09. The number of ketones is 1. The molecule has 1 fully saturated rings. The Balaban J connectivity index is 1.84. The summed E-state index contributed by atoms with van der Waals surface area (Å²) in [6, 6.07) is 13.1. The quantitative estimate of drug-likeness (QED) is 0.320. The molecule has 1 saturated heterocycles. The summed E-state index contributed by atoms with van der Waals surface area (Å²) >= 11 is 0. The number of aromatic nitrogens is 1. The first-order valence-electron chi connectivity index (χ1n) is 10.6. The van der Waals surface area contributed by atoms with Crippen LogP contribution in [0.25, 0.3) is 5.76 Å². The number of halogens is 1. The van der Waals surface area contributed by atoms with Crippen LogP contribution in [-0.2, 0) is 26.2 Å². The van der Waals surface area contributed by atoms with Crippen LogP contribution in [0.4, 0.5) is 4.39 Å². The molecule has 3 aromatic rings. The van der Waals surface area contributed by atoms with Crippen molar-refractivity contribution in [2.45, 2.75) is 17.5 Å². The molecule has 0 aliphatic carbocycles. The van der Waals surface area contributed by atoms with Gasteiger partial charge in [-0.1, -0.05) is 24.3 Å². The number of hydrogen-bond donors (Lipinski definition) is 1. The Bertz CT molecular complexity index is 1420. The van der Waals surface area contributed by atoms with Crippen LogP contribution in [0.3, 0.4) is 0 Å². The molecule has 2 aromatic carbocycles. The normalized spacial score (nSPS) is 17.8. The molecule has 180 valence electrons. The molecule has 10 heteroatoms. The maximum Gasteiger partial charge on any atom is 0.295 e. The summed E-state index contributed by atoms with van der Waals surface area (Å²) < 4.78 is 40.6. The van der Waals surface area contributed by atoms with Crippen LogP contribution >= 0.6 is 0 Å². The van der Waals surface area contributed by atoms with Gasteiger partial charge < -0.3 is 10.0 Å². The molecule has 1 N–H and O–H groups in total. The van der Waals surface area contributed by atoms with Crippen LogP contribution in [0.5, 0.6) is 0 Å². The van der Waals surface area contributed by atoms with E-state index in [1.165, 1.54) is 67.7 Å². The van der Waals surface area contributed by atoms with Crippen molar-refractivity contribution in [1.82, 2.24) is 14.2 Å². The summed E-state index contributed by atoms with van der Waals surface area (Å²) in [5, 5.41) is 11.1. The van der Waals surface area contributed by atoms with Gasteiger partial charge in [-0.25, -0.2) is 17.1 Å². The zero-order valence-electron chi connectivity index (χ0n) is 18.9. The lowest BCUT2D eigenvalue weighted by atomic mass is 9.95. The third kappa shape index (κ3) is 4.45. The average molecular weight is 496 g/mol. The highest BCUT2D eigenvalue weighted by Crippen LogP contribution is 2.41. The van der Waals surface area contributed by atoms with Gasteiger partial charge >= 0.3 is 0 Å². The number of amides is 1. The van der Waals surface area contributed by atoms with E-state index in [1.54, 1.807) is 24.4 Å². The fourth-order valence-corrected chi connectivity index (χ4v) is 4.80. The number of sulfonamides is 1. The van der Waals surface area contributed by atoms with Gasteiger partial charge in [0.05, 0.1) is 16.5 Å². The molecular formula is C25H22FN3O5S. The summed E-state index contributed by atoms with van der Waals surface area (Å²) in [5.74, 6) is -3.03. The predicted octanol–water partition coefficient (Wildman–Crippen LogP) is 3.09. The lowest BCUT2D eigenvalue weighted by Crippen LogP contribution is -2.29. The maximum absolute atomic E-state index is 14.9. The van der Waals surface area contributed by atoms with Gasteiger partial charge in [0.15, 0.2) is 0 Å². The van der Waals surface area contributed by atoms with Crippen molar-refractivity contribution in [2.75, 3.05) is 14.1 Å². The van der Waals surface area contributed by atoms with Gasteiger partial charge in [0.1, 0.15) is 11.6 Å². The zero-order valence-corrected chi connectivity index (χ0v) is 19.7. The number of hydrogen-bond acceptors (Lipinski definition) is 6. The maximum atomic E-state index is 14.9. The molecule has 1 aliphatic heterocycles. The third-order valence-corrected chi connectivity index (χ3v) is 7.55.